The Labute approximate surface area is 92.5 Å². The van der Waals surface area contributed by atoms with Crippen molar-refractivity contribution in [3.05, 3.63) is 29.8 Å². The van der Waals surface area contributed by atoms with Crippen LogP contribution < -0.4 is 4.90 Å². The van der Waals surface area contributed by atoms with E-state index >= 15 is 0 Å². The van der Waals surface area contributed by atoms with Gasteiger partial charge >= 0.3 is 0 Å². The Morgan fingerprint density at radius 3 is 2.60 bits per heavy atom. The molecule has 1 N–H and O–H groups in total. The first-order valence-corrected chi connectivity index (χ1v) is 5.69. The summed E-state index contributed by atoms with van der Waals surface area (Å²) in [6.07, 6.45) is 3.01. The molecule has 0 unspecified atom stereocenters. The number of anilines is 1. The summed E-state index contributed by atoms with van der Waals surface area (Å²) >= 11 is 0. The van der Waals surface area contributed by atoms with Crippen LogP contribution in [-0.2, 0) is 6.42 Å². The molecule has 0 spiro atoms. The SMILES string of the molecule is CCN(C)c1ccccc1CCCCO. The number of para-hydroxylation sites is 1. The van der Waals surface area contributed by atoms with Gasteiger partial charge in [-0.3, -0.25) is 0 Å². The number of benzene rings is 1. The van der Waals surface area contributed by atoms with E-state index in [9.17, 15) is 0 Å². The largest absolute Gasteiger partial charge is 0.396 e. The van der Waals surface area contributed by atoms with Crippen molar-refractivity contribution in [2.75, 3.05) is 25.1 Å². The molecule has 0 atom stereocenters. The zero-order chi connectivity index (χ0) is 11.1. The highest BCUT2D eigenvalue weighted by Crippen LogP contribution is 2.20. The average Bonchev–Trinajstić information content (AvgIpc) is 2.29. The maximum atomic E-state index is 8.76. The molecule has 1 aromatic carbocycles. The highest BCUT2D eigenvalue weighted by atomic mass is 16.2. The lowest BCUT2D eigenvalue weighted by Gasteiger charge is -2.20. The van der Waals surface area contributed by atoms with Crippen LogP contribution in [0.1, 0.15) is 25.3 Å². The quantitative estimate of drug-likeness (QED) is 0.724. The zero-order valence-electron chi connectivity index (χ0n) is 9.74. The van der Waals surface area contributed by atoms with Crippen LogP contribution in [0.2, 0.25) is 0 Å². The fourth-order valence-corrected chi connectivity index (χ4v) is 1.69. The molecular weight excluding hydrogens is 186 g/mol. The van der Waals surface area contributed by atoms with Crippen molar-refractivity contribution >= 4 is 5.69 Å². The van der Waals surface area contributed by atoms with Crippen molar-refractivity contribution in [1.29, 1.82) is 0 Å². The predicted molar refractivity (Wildman–Crippen MR) is 65.4 cm³/mol. The van der Waals surface area contributed by atoms with Crippen LogP contribution in [0.4, 0.5) is 5.69 Å². The third-order valence-corrected chi connectivity index (χ3v) is 2.73. The number of aliphatic hydroxyl groups is 1. The van der Waals surface area contributed by atoms with Gasteiger partial charge in [0.15, 0.2) is 0 Å². The summed E-state index contributed by atoms with van der Waals surface area (Å²) in [5.41, 5.74) is 2.70. The maximum absolute atomic E-state index is 8.76. The molecule has 0 aromatic heterocycles. The fraction of sp³-hybridized carbons (Fsp3) is 0.538. The molecule has 1 rings (SSSR count). The van der Waals surface area contributed by atoms with E-state index in [4.69, 9.17) is 5.11 Å². The van der Waals surface area contributed by atoms with Gasteiger partial charge in [0.2, 0.25) is 0 Å². The molecule has 0 saturated carbocycles. The summed E-state index contributed by atoms with van der Waals surface area (Å²) in [6.45, 7) is 3.48. The Morgan fingerprint density at radius 1 is 1.20 bits per heavy atom. The van der Waals surface area contributed by atoms with E-state index in [2.05, 4.69) is 43.1 Å². The maximum Gasteiger partial charge on any atom is 0.0431 e. The molecule has 2 heteroatoms. The topological polar surface area (TPSA) is 23.5 Å². The average molecular weight is 207 g/mol. The van der Waals surface area contributed by atoms with Crippen molar-refractivity contribution in [2.45, 2.75) is 26.2 Å². The second-order valence-corrected chi connectivity index (χ2v) is 3.82. The molecule has 1 aromatic rings. The summed E-state index contributed by atoms with van der Waals surface area (Å²) in [6, 6.07) is 8.51. The molecular formula is C13H21NO. The molecule has 0 bridgehead atoms. The van der Waals surface area contributed by atoms with E-state index in [0.29, 0.717) is 6.61 Å². The van der Waals surface area contributed by atoms with E-state index in [-0.39, 0.29) is 0 Å². The molecule has 0 aliphatic carbocycles. The first-order valence-electron chi connectivity index (χ1n) is 5.69. The van der Waals surface area contributed by atoms with Crippen molar-refractivity contribution in [3.8, 4) is 0 Å². The van der Waals surface area contributed by atoms with Crippen LogP contribution in [0, 0.1) is 0 Å². The van der Waals surface area contributed by atoms with E-state index in [1.807, 2.05) is 0 Å². The third kappa shape index (κ3) is 3.56. The molecule has 0 amide bonds. The summed E-state index contributed by atoms with van der Waals surface area (Å²) in [7, 11) is 2.12. The monoisotopic (exact) mass is 207 g/mol. The van der Waals surface area contributed by atoms with E-state index in [1.54, 1.807) is 0 Å². The number of rotatable bonds is 6. The standard InChI is InChI=1S/C13H21NO/c1-3-14(2)13-10-5-4-8-12(13)9-6-7-11-15/h4-5,8,10,15H,3,6-7,9,11H2,1-2H3. The van der Waals surface area contributed by atoms with Gasteiger partial charge in [0.1, 0.15) is 0 Å². The number of aryl methyl sites for hydroxylation is 1. The van der Waals surface area contributed by atoms with Gasteiger partial charge in [-0.15, -0.1) is 0 Å². The Kier molecular flexibility index (Phi) is 5.19. The van der Waals surface area contributed by atoms with Crippen LogP contribution >= 0.6 is 0 Å². The van der Waals surface area contributed by atoms with Gasteiger partial charge in [-0.1, -0.05) is 18.2 Å². The second-order valence-electron chi connectivity index (χ2n) is 3.82. The van der Waals surface area contributed by atoms with Crippen LogP contribution in [0.25, 0.3) is 0 Å². The van der Waals surface area contributed by atoms with Gasteiger partial charge in [-0.25, -0.2) is 0 Å². The molecule has 0 aliphatic heterocycles. The van der Waals surface area contributed by atoms with Crippen LogP contribution in [-0.4, -0.2) is 25.3 Å². The van der Waals surface area contributed by atoms with Gasteiger partial charge in [-0.2, -0.15) is 0 Å². The molecule has 15 heavy (non-hydrogen) atoms. The minimum absolute atomic E-state index is 0.297. The normalized spacial score (nSPS) is 10.3. The van der Waals surface area contributed by atoms with Gasteiger partial charge in [0, 0.05) is 25.9 Å². The molecule has 84 valence electrons. The number of aliphatic hydroxyl groups excluding tert-OH is 1. The lowest BCUT2D eigenvalue weighted by atomic mass is 10.1. The number of hydrogen-bond donors (Lipinski definition) is 1. The summed E-state index contributed by atoms with van der Waals surface area (Å²) in [5, 5.41) is 8.76. The van der Waals surface area contributed by atoms with Gasteiger partial charge < -0.3 is 10.0 Å². The molecule has 0 fully saturated rings. The van der Waals surface area contributed by atoms with E-state index in [0.717, 1.165) is 25.8 Å². The Hall–Kier alpha value is -1.02. The predicted octanol–water partition coefficient (Wildman–Crippen LogP) is 2.46. The minimum atomic E-state index is 0.297. The van der Waals surface area contributed by atoms with Crippen molar-refractivity contribution in [1.82, 2.24) is 0 Å². The fourth-order valence-electron chi connectivity index (χ4n) is 1.69. The van der Waals surface area contributed by atoms with Crippen LogP contribution in [0.3, 0.4) is 0 Å². The smallest absolute Gasteiger partial charge is 0.0431 e. The van der Waals surface area contributed by atoms with Crippen molar-refractivity contribution < 1.29 is 5.11 Å². The van der Waals surface area contributed by atoms with Gasteiger partial charge in [-0.05, 0) is 37.8 Å². The zero-order valence-corrected chi connectivity index (χ0v) is 9.74. The van der Waals surface area contributed by atoms with Gasteiger partial charge in [0.05, 0.1) is 0 Å². The highest BCUT2D eigenvalue weighted by molar-refractivity contribution is 5.52. The van der Waals surface area contributed by atoms with Crippen molar-refractivity contribution in [2.24, 2.45) is 0 Å². The number of hydrogen-bond acceptors (Lipinski definition) is 2. The van der Waals surface area contributed by atoms with E-state index in [1.165, 1.54) is 11.3 Å². The second kappa shape index (κ2) is 6.46. The molecule has 0 radical (unpaired) electrons. The molecule has 0 saturated heterocycles. The minimum Gasteiger partial charge on any atom is -0.396 e. The first-order chi connectivity index (χ1) is 7.29. The number of unbranched alkanes of at least 4 members (excludes halogenated alkanes) is 1. The lowest BCUT2D eigenvalue weighted by molar-refractivity contribution is 0.284. The summed E-state index contributed by atoms with van der Waals surface area (Å²) in [4.78, 5) is 2.26. The van der Waals surface area contributed by atoms with Crippen LogP contribution in [0.15, 0.2) is 24.3 Å². The summed E-state index contributed by atoms with van der Waals surface area (Å²) < 4.78 is 0. The Balaban J connectivity index is 2.68. The van der Waals surface area contributed by atoms with Gasteiger partial charge in [0.25, 0.3) is 0 Å². The molecule has 2 nitrogen and oxygen atoms in total. The lowest BCUT2D eigenvalue weighted by Crippen LogP contribution is -2.17. The summed E-state index contributed by atoms with van der Waals surface area (Å²) in [5.74, 6) is 0. The first kappa shape index (κ1) is 12.1. The van der Waals surface area contributed by atoms with Crippen LogP contribution in [0.5, 0.6) is 0 Å². The van der Waals surface area contributed by atoms with Crippen molar-refractivity contribution in [3.63, 3.8) is 0 Å². The molecule has 0 aliphatic rings. The number of nitrogens with zero attached hydrogens (tertiary/aromatic N) is 1. The Bertz CT molecular complexity index is 286. The Morgan fingerprint density at radius 2 is 1.93 bits per heavy atom. The highest BCUT2D eigenvalue weighted by Gasteiger charge is 2.04. The third-order valence-electron chi connectivity index (χ3n) is 2.73. The van der Waals surface area contributed by atoms with E-state index < -0.39 is 0 Å². The molecule has 0 heterocycles.